The second kappa shape index (κ2) is 5.30. The zero-order chi connectivity index (χ0) is 13.9. The lowest BCUT2D eigenvalue weighted by molar-refractivity contribution is 0.177. The van der Waals surface area contributed by atoms with Crippen LogP contribution in [-0.2, 0) is 13.5 Å². The van der Waals surface area contributed by atoms with E-state index >= 15 is 0 Å². The van der Waals surface area contributed by atoms with Crippen molar-refractivity contribution in [2.45, 2.75) is 12.5 Å². The molecule has 20 heavy (non-hydrogen) atoms. The lowest BCUT2D eigenvalue weighted by Crippen LogP contribution is -2.02. The molecule has 0 fully saturated rings. The van der Waals surface area contributed by atoms with Crippen LogP contribution in [0.4, 0.5) is 0 Å². The molecule has 1 unspecified atom stereocenters. The molecule has 2 heterocycles. The van der Waals surface area contributed by atoms with E-state index in [0.717, 1.165) is 16.9 Å². The summed E-state index contributed by atoms with van der Waals surface area (Å²) in [6.45, 7) is 0. The highest BCUT2D eigenvalue weighted by Gasteiger charge is 2.13. The van der Waals surface area contributed by atoms with Crippen LogP contribution in [0.25, 0.3) is 5.69 Å². The number of rotatable bonds is 4. The highest BCUT2D eigenvalue weighted by Crippen LogP contribution is 2.18. The summed E-state index contributed by atoms with van der Waals surface area (Å²) in [5.41, 5.74) is 2.63. The monoisotopic (exact) mass is 268 g/mol. The van der Waals surface area contributed by atoms with Crippen molar-refractivity contribution >= 4 is 0 Å². The average Bonchev–Trinajstić information content (AvgIpc) is 3.09. The molecular weight excluding hydrogens is 252 g/mol. The number of hydrogen-bond donors (Lipinski definition) is 1. The lowest BCUT2D eigenvalue weighted by atomic mass is 10.1. The molecule has 102 valence electrons. The van der Waals surface area contributed by atoms with Crippen LogP contribution < -0.4 is 0 Å². The Morgan fingerprint density at radius 1 is 1.20 bits per heavy atom. The summed E-state index contributed by atoms with van der Waals surface area (Å²) in [6.07, 6.45) is 5.31. The zero-order valence-corrected chi connectivity index (χ0v) is 11.2. The molecule has 0 aliphatic carbocycles. The third-order valence-electron chi connectivity index (χ3n) is 3.18. The van der Waals surface area contributed by atoms with Crippen LogP contribution >= 0.6 is 0 Å². The summed E-state index contributed by atoms with van der Waals surface area (Å²) in [7, 11) is 1.86. The van der Waals surface area contributed by atoms with Crippen molar-refractivity contribution in [3.63, 3.8) is 0 Å². The van der Waals surface area contributed by atoms with Crippen LogP contribution in [0.2, 0.25) is 0 Å². The van der Waals surface area contributed by atoms with Gasteiger partial charge in [0.05, 0.1) is 23.7 Å². The standard InChI is InChI=1S/C15H16N4O/c1-18-8-7-13(17-18)9-15(20)12-10-16-19(11-12)14-5-3-2-4-6-14/h2-8,10-11,15,20H,9H2,1H3. The van der Waals surface area contributed by atoms with Crippen molar-refractivity contribution in [3.05, 3.63) is 66.2 Å². The van der Waals surface area contributed by atoms with Crippen LogP contribution in [0.1, 0.15) is 17.4 Å². The van der Waals surface area contributed by atoms with Gasteiger partial charge in [-0.1, -0.05) is 18.2 Å². The minimum absolute atomic E-state index is 0.487. The van der Waals surface area contributed by atoms with E-state index < -0.39 is 6.10 Å². The van der Waals surface area contributed by atoms with Crippen LogP contribution in [0, 0.1) is 0 Å². The van der Waals surface area contributed by atoms with E-state index in [0.29, 0.717) is 6.42 Å². The number of aliphatic hydroxyl groups is 1. The molecule has 0 aliphatic heterocycles. The van der Waals surface area contributed by atoms with Gasteiger partial charge in [0, 0.05) is 31.4 Å². The van der Waals surface area contributed by atoms with Gasteiger partial charge in [-0.2, -0.15) is 10.2 Å². The van der Waals surface area contributed by atoms with Gasteiger partial charge in [0.15, 0.2) is 0 Å². The second-order valence-corrected chi connectivity index (χ2v) is 4.75. The van der Waals surface area contributed by atoms with Crippen LogP contribution in [0.5, 0.6) is 0 Å². The Morgan fingerprint density at radius 3 is 2.70 bits per heavy atom. The van der Waals surface area contributed by atoms with Gasteiger partial charge in [-0.15, -0.1) is 0 Å². The van der Waals surface area contributed by atoms with E-state index in [1.54, 1.807) is 15.6 Å². The number of aromatic nitrogens is 4. The zero-order valence-electron chi connectivity index (χ0n) is 11.2. The van der Waals surface area contributed by atoms with Gasteiger partial charge in [0.25, 0.3) is 0 Å². The average molecular weight is 268 g/mol. The molecule has 2 aromatic heterocycles. The molecule has 0 spiro atoms. The van der Waals surface area contributed by atoms with E-state index in [4.69, 9.17) is 0 Å². The predicted molar refractivity (Wildman–Crippen MR) is 75.4 cm³/mol. The van der Waals surface area contributed by atoms with E-state index in [-0.39, 0.29) is 0 Å². The molecule has 0 saturated heterocycles. The molecule has 5 heteroatoms. The fraction of sp³-hybridized carbons (Fsp3) is 0.200. The fourth-order valence-electron chi connectivity index (χ4n) is 2.12. The van der Waals surface area contributed by atoms with Crippen molar-refractivity contribution in [2.75, 3.05) is 0 Å². The number of hydrogen-bond acceptors (Lipinski definition) is 3. The Labute approximate surface area is 117 Å². The quantitative estimate of drug-likeness (QED) is 0.786. The summed E-state index contributed by atoms with van der Waals surface area (Å²) >= 11 is 0. The van der Waals surface area contributed by atoms with Crippen molar-refractivity contribution in [1.29, 1.82) is 0 Å². The van der Waals surface area contributed by atoms with Crippen LogP contribution in [-0.4, -0.2) is 24.7 Å². The molecule has 0 amide bonds. The van der Waals surface area contributed by atoms with Gasteiger partial charge < -0.3 is 5.11 Å². The Morgan fingerprint density at radius 2 is 2.00 bits per heavy atom. The van der Waals surface area contributed by atoms with E-state index in [9.17, 15) is 5.11 Å². The molecule has 0 bridgehead atoms. The van der Waals surface area contributed by atoms with E-state index in [2.05, 4.69) is 10.2 Å². The molecule has 0 radical (unpaired) electrons. The maximum absolute atomic E-state index is 10.2. The van der Waals surface area contributed by atoms with Crippen molar-refractivity contribution in [2.24, 2.45) is 7.05 Å². The third kappa shape index (κ3) is 2.62. The minimum atomic E-state index is -0.595. The minimum Gasteiger partial charge on any atom is -0.388 e. The van der Waals surface area contributed by atoms with Crippen molar-refractivity contribution in [3.8, 4) is 5.69 Å². The maximum Gasteiger partial charge on any atom is 0.0876 e. The SMILES string of the molecule is Cn1ccc(CC(O)c2cnn(-c3ccccc3)c2)n1. The highest BCUT2D eigenvalue weighted by atomic mass is 16.3. The molecule has 0 aliphatic rings. The predicted octanol–water partition coefficient (Wildman–Crippen LogP) is 1.88. The third-order valence-corrected chi connectivity index (χ3v) is 3.18. The first kappa shape index (κ1) is 12.6. The van der Waals surface area contributed by atoms with Gasteiger partial charge in [0.1, 0.15) is 0 Å². The largest absolute Gasteiger partial charge is 0.388 e. The van der Waals surface area contributed by atoms with Gasteiger partial charge >= 0.3 is 0 Å². The lowest BCUT2D eigenvalue weighted by Gasteiger charge is -2.05. The summed E-state index contributed by atoms with van der Waals surface area (Å²) in [5, 5.41) is 18.8. The Kier molecular flexibility index (Phi) is 3.35. The Bertz CT molecular complexity index is 687. The first-order valence-corrected chi connectivity index (χ1v) is 6.49. The highest BCUT2D eigenvalue weighted by molar-refractivity contribution is 5.31. The fourth-order valence-corrected chi connectivity index (χ4v) is 2.12. The van der Waals surface area contributed by atoms with Crippen LogP contribution in [0.3, 0.4) is 0 Å². The normalized spacial score (nSPS) is 12.5. The number of para-hydroxylation sites is 1. The van der Waals surface area contributed by atoms with Gasteiger partial charge in [-0.05, 0) is 18.2 Å². The number of aryl methyl sites for hydroxylation is 1. The summed E-state index contributed by atoms with van der Waals surface area (Å²) in [5.74, 6) is 0. The molecule has 5 nitrogen and oxygen atoms in total. The van der Waals surface area contributed by atoms with Gasteiger partial charge in [-0.3, -0.25) is 4.68 Å². The summed E-state index contributed by atoms with van der Waals surface area (Å²) in [4.78, 5) is 0. The molecule has 1 aromatic carbocycles. The summed E-state index contributed by atoms with van der Waals surface area (Å²) < 4.78 is 3.49. The Hall–Kier alpha value is -2.40. The molecular formula is C15H16N4O. The molecule has 3 aromatic rings. The molecule has 3 rings (SSSR count). The molecule has 1 N–H and O–H groups in total. The summed E-state index contributed by atoms with van der Waals surface area (Å²) in [6, 6.07) is 11.7. The van der Waals surface area contributed by atoms with Crippen molar-refractivity contribution in [1.82, 2.24) is 19.6 Å². The Balaban J connectivity index is 1.76. The van der Waals surface area contributed by atoms with Gasteiger partial charge in [0.2, 0.25) is 0 Å². The number of benzene rings is 1. The molecule has 0 saturated carbocycles. The van der Waals surface area contributed by atoms with Gasteiger partial charge in [-0.25, -0.2) is 4.68 Å². The topological polar surface area (TPSA) is 55.9 Å². The van der Waals surface area contributed by atoms with E-state index in [1.807, 2.05) is 55.8 Å². The smallest absolute Gasteiger partial charge is 0.0876 e. The first-order valence-electron chi connectivity index (χ1n) is 6.49. The van der Waals surface area contributed by atoms with Crippen molar-refractivity contribution < 1.29 is 5.11 Å². The number of aliphatic hydroxyl groups excluding tert-OH is 1. The maximum atomic E-state index is 10.2. The number of nitrogens with zero attached hydrogens (tertiary/aromatic N) is 4. The van der Waals surface area contributed by atoms with Crippen LogP contribution in [0.15, 0.2) is 55.0 Å². The second-order valence-electron chi connectivity index (χ2n) is 4.75. The molecule has 1 atom stereocenters. The first-order chi connectivity index (χ1) is 9.72. The van der Waals surface area contributed by atoms with E-state index in [1.165, 1.54) is 0 Å².